The van der Waals surface area contributed by atoms with E-state index in [0.29, 0.717) is 30.0 Å². The predicted octanol–water partition coefficient (Wildman–Crippen LogP) is 3.02. The first-order valence-electron chi connectivity index (χ1n) is 8.97. The number of hydrogen-bond acceptors (Lipinski definition) is 5. The Labute approximate surface area is 163 Å². The maximum atomic E-state index is 12.7. The summed E-state index contributed by atoms with van der Waals surface area (Å²) in [7, 11) is 1.76. The Morgan fingerprint density at radius 2 is 1.89 bits per heavy atom. The maximum absolute atomic E-state index is 12.7. The van der Waals surface area contributed by atoms with Crippen LogP contribution in [0, 0.1) is 6.92 Å². The molecule has 0 aliphatic heterocycles. The lowest BCUT2D eigenvalue weighted by molar-refractivity contribution is 0.0525. The lowest BCUT2D eigenvalue weighted by Crippen LogP contribution is -2.26. The standard InChI is InChI=1S/C21H22N4O3/c1-4-28-21(27)19-13-23-25(15(19)2)18-9-7-17(8-10-18)20(26)24(3)14-16-6-5-11-22-12-16/h5-13H,4,14H2,1-3H3. The smallest absolute Gasteiger partial charge is 0.341 e. The third-order valence-corrected chi connectivity index (χ3v) is 4.35. The Hall–Kier alpha value is -3.48. The summed E-state index contributed by atoms with van der Waals surface area (Å²) in [6.45, 7) is 4.36. The van der Waals surface area contributed by atoms with Crippen LogP contribution in [0.15, 0.2) is 55.0 Å². The fourth-order valence-electron chi connectivity index (χ4n) is 2.88. The molecule has 3 aromatic rings. The van der Waals surface area contributed by atoms with Crippen molar-refractivity contribution in [3.8, 4) is 5.69 Å². The van der Waals surface area contributed by atoms with Gasteiger partial charge in [-0.25, -0.2) is 9.48 Å². The highest BCUT2D eigenvalue weighted by Gasteiger charge is 2.17. The van der Waals surface area contributed by atoms with Crippen molar-refractivity contribution >= 4 is 11.9 Å². The molecular formula is C21H22N4O3. The molecule has 0 saturated carbocycles. The monoisotopic (exact) mass is 378 g/mol. The number of carbonyl (C=O) groups excluding carboxylic acids is 2. The average Bonchev–Trinajstić information content (AvgIpc) is 3.10. The van der Waals surface area contributed by atoms with Gasteiger partial charge < -0.3 is 9.64 Å². The van der Waals surface area contributed by atoms with E-state index in [0.717, 1.165) is 11.3 Å². The fourth-order valence-corrected chi connectivity index (χ4v) is 2.88. The number of hydrogen-bond donors (Lipinski definition) is 0. The van der Waals surface area contributed by atoms with Crippen molar-refractivity contribution in [2.24, 2.45) is 0 Å². The summed E-state index contributed by atoms with van der Waals surface area (Å²) < 4.78 is 6.69. The van der Waals surface area contributed by atoms with E-state index in [4.69, 9.17) is 4.74 Å². The number of nitrogens with zero attached hydrogens (tertiary/aromatic N) is 4. The highest BCUT2D eigenvalue weighted by Crippen LogP contribution is 2.17. The van der Waals surface area contributed by atoms with E-state index in [1.165, 1.54) is 6.20 Å². The van der Waals surface area contributed by atoms with Gasteiger partial charge in [0.2, 0.25) is 0 Å². The molecule has 28 heavy (non-hydrogen) atoms. The minimum atomic E-state index is -0.393. The van der Waals surface area contributed by atoms with Crippen molar-refractivity contribution in [3.05, 3.63) is 77.4 Å². The molecule has 1 aromatic carbocycles. The molecule has 0 aliphatic rings. The predicted molar refractivity (Wildman–Crippen MR) is 104 cm³/mol. The average molecular weight is 378 g/mol. The minimum absolute atomic E-state index is 0.0835. The van der Waals surface area contributed by atoms with Crippen LogP contribution in [0.1, 0.15) is 38.9 Å². The number of amides is 1. The van der Waals surface area contributed by atoms with Crippen molar-refractivity contribution < 1.29 is 14.3 Å². The van der Waals surface area contributed by atoms with Crippen LogP contribution in [-0.2, 0) is 11.3 Å². The largest absolute Gasteiger partial charge is 0.462 e. The number of pyridine rings is 1. The molecule has 0 radical (unpaired) electrons. The fraction of sp³-hybridized carbons (Fsp3) is 0.238. The molecule has 7 heteroatoms. The molecule has 0 bridgehead atoms. The summed E-state index contributed by atoms with van der Waals surface area (Å²) in [4.78, 5) is 30.3. The Bertz CT molecular complexity index is 965. The lowest BCUT2D eigenvalue weighted by Gasteiger charge is -2.17. The van der Waals surface area contributed by atoms with Crippen LogP contribution >= 0.6 is 0 Å². The summed E-state index contributed by atoms with van der Waals surface area (Å²) in [5.41, 5.74) is 3.42. The van der Waals surface area contributed by atoms with Crippen LogP contribution in [0.4, 0.5) is 0 Å². The Morgan fingerprint density at radius 1 is 1.14 bits per heavy atom. The number of carbonyl (C=O) groups is 2. The van der Waals surface area contributed by atoms with Crippen molar-refractivity contribution in [2.45, 2.75) is 20.4 Å². The van der Waals surface area contributed by atoms with Gasteiger partial charge in [-0.1, -0.05) is 6.07 Å². The number of esters is 1. The zero-order valence-electron chi connectivity index (χ0n) is 16.1. The van der Waals surface area contributed by atoms with Crippen molar-refractivity contribution in [2.75, 3.05) is 13.7 Å². The third-order valence-electron chi connectivity index (χ3n) is 4.35. The molecule has 144 valence electrons. The number of benzene rings is 1. The Kier molecular flexibility index (Phi) is 5.84. The SMILES string of the molecule is CCOC(=O)c1cnn(-c2ccc(C(=O)N(C)Cc3cccnc3)cc2)c1C. The molecule has 3 rings (SSSR count). The van der Waals surface area contributed by atoms with Gasteiger partial charge in [-0.2, -0.15) is 5.10 Å². The molecule has 2 aromatic heterocycles. The van der Waals surface area contributed by atoms with E-state index < -0.39 is 5.97 Å². The molecule has 1 amide bonds. The van der Waals surface area contributed by atoms with Gasteiger partial charge in [0, 0.05) is 31.5 Å². The number of aromatic nitrogens is 3. The molecule has 0 N–H and O–H groups in total. The number of rotatable bonds is 6. The summed E-state index contributed by atoms with van der Waals surface area (Å²) in [6, 6.07) is 10.9. The highest BCUT2D eigenvalue weighted by molar-refractivity contribution is 5.94. The van der Waals surface area contributed by atoms with Gasteiger partial charge in [-0.15, -0.1) is 0 Å². The van der Waals surface area contributed by atoms with E-state index >= 15 is 0 Å². The van der Waals surface area contributed by atoms with Crippen molar-refractivity contribution in [1.29, 1.82) is 0 Å². The van der Waals surface area contributed by atoms with E-state index in [1.807, 2.05) is 12.1 Å². The third kappa shape index (κ3) is 4.09. The van der Waals surface area contributed by atoms with Gasteiger partial charge in [0.1, 0.15) is 5.56 Å². The van der Waals surface area contributed by atoms with Crippen molar-refractivity contribution in [3.63, 3.8) is 0 Å². The van der Waals surface area contributed by atoms with E-state index in [9.17, 15) is 9.59 Å². The molecule has 2 heterocycles. The Balaban J connectivity index is 1.75. The first-order chi connectivity index (χ1) is 13.5. The van der Waals surface area contributed by atoms with Gasteiger partial charge in [-0.3, -0.25) is 9.78 Å². The quantitative estimate of drug-likeness (QED) is 0.616. The molecule has 0 unspecified atom stereocenters. The molecular weight excluding hydrogens is 356 g/mol. The summed E-state index contributed by atoms with van der Waals surface area (Å²) in [6.07, 6.45) is 4.94. The molecule has 0 fully saturated rings. The molecule has 0 aliphatic carbocycles. The second kappa shape index (κ2) is 8.47. The molecule has 7 nitrogen and oxygen atoms in total. The summed E-state index contributed by atoms with van der Waals surface area (Å²) in [5, 5.41) is 4.27. The zero-order valence-corrected chi connectivity index (χ0v) is 16.1. The van der Waals surface area contributed by atoms with E-state index in [-0.39, 0.29) is 5.91 Å². The highest BCUT2D eigenvalue weighted by atomic mass is 16.5. The Morgan fingerprint density at radius 3 is 2.54 bits per heavy atom. The van der Waals surface area contributed by atoms with E-state index in [1.54, 1.807) is 67.1 Å². The van der Waals surface area contributed by atoms with Gasteiger partial charge >= 0.3 is 5.97 Å². The van der Waals surface area contributed by atoms with Crippen LogP contribution in [0.3, 0.4) is 0 Å². The summed E-state index contributed by atoms with van der Waals surface area (Å²) in [5.74, 6) is -0.477. The van der Waals surface area contributed by atoms with Crippen LogP contribution in [0.2, 0.25) is 0 Å². The molecule has 0 atom stereocenters. The van der Waals surface area contributed by atoms with Crippen molar-refractivity contribution in [1.82, 2.24) is 19.7 Å². The van der Waals surface area contributed by atoms with Crippen LogP contribution in [0.25, 0.3) is 5.69 Å². The zero-order chi connectivity index (χ0) is 20.1. The molecule has 0 spiro atoms. The van der Waals surface area contributed by atoms with Crippen LogP contribution in [0.5, 0.6) is 0 Å². The summed E-state index contributed by atoms with van der Waals surface area (Å²) >= 11 is 0. The normalized spacial score (nSPS) is 10.5. The molecule has 0 saturated heterocycles. The van der Waals surface area contributed by atoms with Gasteiger partial charge in [0.25, 0.3) is 5.91 Å². The van der Waals surface area contributed by atoms with Crippen LogP contribution < -0.4 is 0 Å². The first-order valence-corrected chi connectivity index (χ1v) is 8.97. The second-order valence-corrected chi connectivity index (χ2v) is 6.35. The van der Waals surface area contributed by atoms with Gasteiger partial charge in [0.05, 0.1) is 24.2 Å². The minimum Gasteiger partial charge on any atom is -0.462 e. The van der Waals surface area contributed by atoms with E-state index in [2.05, 4.69) is 10.1 Å². The van der Waals surface area contributed by atoms with Gasteiger partial charge in [-0.05, 0) is 49.7 Å². The topological polar surface area (TPSA) is 77.3 Å². The maximum Gasteiger partial charge on any atom is 0.341 e. The van der Waals surface area contributed by atoms with Crippen LogP contribution in [-0.4, -0.2) is 45.2 Å². The number of ether oxygens (including phenoxy) is 1. The lowest BCUT2D eigenvalue weighted by atomic mass is 10.1. The second-order valence-electron chi connectivity index (χ2n) is 6.35. The first kappa shape index (κ1) is 19.3. The van der Waals surface area contributed by atoms with Gasteiger partial charge in [0.15, 0.2) is 0 Å².